The molecule has 15 heteroatoms. The lowest BCUT2D eigenvalue weighted by atomic mass is 10.1. The van der Waals surface area contributed by atoms with Crippen LogP contribution in [0.25, 0.3) is 11.4 Å². The Labute approximate surface area is 177 Å². The lowest BCUT2D eigenvalue weighted by molar-refractivity contribution is -0.403. The minimum absolute atomic E-state index is 0.196. The van der Waals surface area contributed by atoms with E-state index in [2.05, 4.69) is 25.9 Å². The number of hydrazone groups is 1. The first kappa shape index (κ1) is 21.3. The van der Waals surface area contributed by atoms with Crippen molar-refractivity contribution in [3.05, 3.63) is 67.2 Å². The number of amides is 1. The summed E-state index contributed by atoms with van der Waals surface area (Å²) in [5, 5.41) is 49.2. The van der Waals surface area contributed by atoms with E-state index in [1.165, 1.54) is 0 Å². The number of tetrazole rings is 1. The summed E-state index contributed by atoms with van der Waals surface area (Å²) in [6.45, 7) is -0.395. The van der Waals surface area contributed by atoms with Crippen LogP contribution in [0.15, 0.2) is 41.5 Å². The third kappa shape index (κ3) is 4.94. The van der Waals surface area contributed by atoms with Crippen molar-refractivity contribution in [2.75, 3.05) is 0 Å². The number of non-ortho nitro benzene ring substituents is 1. The Kier molecular flexibility index (Phi) is 6.11. The number of nitrogens with one attached hydrogen (secondary N) is 1. The van der Waals surface area contributed by atoms with Crippen molar-refractivity contribution in [1.29, 1.82) is 0 Å². The molecule has 1 heterocycles. The van der Waals surface area contributed by atoms with E-state index in [1.807, 2.05) is 0 Å². The molecule has 0 saturated heterocycles. The van der Waals surface area contributed by atoms with Gasteiger partial charge in [0.25, 0.3) is 17.3 Å². The zero-order chi connectivity index (χ0) is 22.5. The summed E-state index contributed by atoms with van der Waals surface area (Å²) >= 11 is 6.05. The second-order valence-corrected chi connectivity index (χ2v) is 6.22. The van der Waals surface area contributed by atoms with Crippen molar-refractivity contribution >= 4 is 35.1 Å². The van der Waals surface area contributed by atoms with Gasteiger partial charge in [-0.25, -0.2) is 5.43 Å². The number of nitrogens with zero attached hydrogens (tertiary/aromatic N) is 7. The van der Waals surface area contributed by atoms with Gasteiger partial charge in [-0.3, -0.25) is 25.0 Å². The molecule has 3 rings (SSSR count). The molecule has 0 saturated carbocycles. The maximum atomic E-state index is 12.0. The summed E-state index contributed by atoms with van der Waals surface area (Å²) in [5.74, 6) is -1.61. The molecule has 14 nitrogen and oxygen atoms in total. The predicted molar refractivity (Wildman–Crippen MR) is 103 cm³/mol. The van der Waals surface area contributed by atoms with Crippen molar-refractivity contribution in [1.82, 2.24) is 25.6 Å². The first-order chi connectivity index (χ1) is 14.8. The van der Waals surface area contributed by atoms with E-state index in [-0.39, 0.29) is 5.82 Å². The lowest BCUT2D eigenvalue weighted by Gasteiger charge is -2.10. The summed E-state index contributed by atoms with van der Waals surface area (Å²) in [5.41, 5.74) is 0.482. The van der Waals surface area contributed by atoms with Gasteiger partial charge in [-0.15, -0.1) is 10.2 Å². The van der Waals surface area contributed by atoms with Gasteiger partial charge in [-0.2, -0.15) is 9.90 Å². The standard InChI is InChI=1S/C16H11ClN8O6/c17-12-4-2-1-3-11(12)16-20-22-23(21-16)8-14(26)19-18-7-9-5-10(24(28)29)6-13(15(9)27)25(30)31/h1-7,27H,8H2,(H,19,26)/p-1/b18-7-. The van der Waals surface area contributed by atoms with Crippen molar-refractivity contribution in [3.8, 4) is 17.1 Å². The van der Waals surface area contributed by atoms with E-state index in [1.54, 1.807) is 24.3 Å². The zero-order valence-corrected chi connectivity index (χ0v) is 16.0. The van der Waals surface area contributed by atoms with Gasteiger partial charge in [0.05, 0.1) is 27.2 Å². The number of hydrogen-bond acceptors (Lipinski definition) is 10. The number of nitro benzene ring substituents is 2. The Bertz CT molecular complexity index is 1210. The maximum Gasteiger partial charge on any atom is 0.276 e. The number of carbonyl (C=O) groups is 1. The van der Waals surface area contributed by atoms with Crippen LogP contribution >= 0.6 is 11.6 Å². The van der Waals surface area contributed by atoms with E-state index >= 15 is 0 Å². The second-order valence-electron chi connectivity index (χ2n) is 5.81. The van der Waals surface area contributed by atoms with Crippen molar-refractivity contribution in [2.45, 2.75) is 6.54 Å². The van der Waals surface area contributed by atoms with Crippen LogP contribution in [0.2, 0.25) is 5.02 Å². The molecule has 31 heavy (non-hydrogen) atoms. The molecule has 0 spiro atoms. The maximum absolute atomic E-state index is 12.0. The molecule has 2 aromatic carbocycles. The molecular formula is C16H10ClN8O6-. The van der Waals surface area contributed by atoms with Crippen LogP contribution in [0.5, 0.6) is 5.75 Å². The Morgan fingerprint density at radius 1 is 1.23 bits per heavy atom. The van der Waals surface area contributed by atoms with Crippen molar-refractivity contribution < 1.29 is 19.7 Å². The normalized spacial score (nSPS) is 10.9. The van der Waals surface area contributed by atoms with Crippen LogP contribution in [0, 0.1) is 20.2 Å². The van der Waals surface area contributed by atoms with E-state index in [0.29, 0.717) is 16.7 Å². The van der Waals surface area contributed by atoms with Crippen LogP contribution in [0.1, 0.15) is 5.56 Å². The fraction of sp³-hybridized carbons (Fsp3) is 0.0625. The number of carbonyl (C=O) groups excluding carboxylic acids is 1. The topological polar surface area (TPSA) is 194 Å². The highest BCUT2D eigenvalue weighted by molar-refractivity contribution is 6.33. The molecule has 0 aliphatic carbocycles. The minimum Gasteiger partial charge on any atom is -0.867 e. The van der Waals surface area contributed by atoms with Gasteiger partial charge in [-0.1, -0.05) is 23.7 Å². The molecule has 0 radical (unpaired) electrons. The quantitative estimate of drug-likeness (QED) is 0.313. The third-order valence-corrected chi connectivity index (χ3v) is 4.07. The Morgan fingerprint density at radius 2 is 1.97 bits per heavy atom. The summed E-state index contributed by atoms with van der Waals surface area (Å²) in [7, 11) is 0. The van der Waals surface area contributed by atoms with E-state index < -0.39 is 45.0 Å². The second kappa shape index (κ2) is 8.91. The number of aromatic nitrogens is 4. The average molecular weight is 446 g/mol. The Balaban J connectivity index is 1.70. The van der Waals surface area contributed by atoms with Gasteiger partial charge in [0.15, 0.2) is 0 Å². The summed E-state index contributed by atoms with van der Waals surface area (Å²) in [4.78, 5) is 32.8. The minimum atomic E-state index is -1.09. The smallest absolute Gasteiger partial charge is 0.276 e. The van der Waals surface area contributed by atoms with Crippen LogP contribution in [0.3, 0.4) is 0 Å². The first-order valence-electron chi connectivity index (χ1n) is 8.24. The van der Waals surface area contributed by atoms with Crippen LogP contribution in [0.4, 0.5) is 11.4 Å². The molecule has 0 bridgehead atoms. The highest BCUT2D eigenvalue weighted by Gasteiger charge is 2.18. The number of hydrogen-bond donors (Lipinski definition) is 1. The fourth-order valence-corrected chi connectivity index (χ4v) is 2.58. The molecule has 1 N–H and O–H groups in total. The van der Waals surface area contributed by atoms with Gasteiger partial charge in [0, 0.05) is 17.2 Å². The van der Waals surface area contributed by atoms with Gasteiger partial charge >= 0.3 is 0 Å². The summed E-state index contributed by atoms with van der Waals surface area (Å²) < 4.78 is 0. The molecule has 0 aliphatic heterocycles. The van der Waals surface area contributed by atoms with Gasteiger partial charge in [0.1, 0.15) is 6.54 Å². The third-order valence-electron chi connectivity index (χ3n) is 3.74. The van der Waals surface area contributed by atoms with Gasteiger partial charge < -0.3 is 5.11 Å². The van der Waals surface area contributed by atoms with Crippen molar-refractivity contribution in [2.24, 2.45) is 5.10 Å². The molecule has 0 fully saturated rings. The molecule has 0 unspecified atom stereocenters. The van der Waals surface area contributed by atoms with Crippen LogP contribution in [-0.4, -0.2) is 42.2 Å². The lowest BCUT2D eigenvalue weighted by Crippen LogP contribution is -2.24. The molecule has 0 atom stereocenters. The number of halogens is 1. The van der Waals surface area contributed by atoms with Crippen LogP contribution in [-0.2, 0) is 11.3 Å². The Morgan fingerprint density at radius 3 is 2.65 bits per heavy atom. The van der Waals surface area contributed by atoms with E-state index in [4.69, 9.17) is 11.6 Å². The molecule has 158 valence electrons. The summed E-state index contributed by atoms with van der Waals surface area (Å²) in [6, 6.07) is 8.12. The SMILES string of the molecule is O=C(Cn1nnc(-c2ccccc2Cl)n1)N/N=C\c1cc([N+](=O)[O-])cc([N+](=O)[O-])c1[O-]. The number of nitro groups is 2. The molecule has 1 aromatic heterocycles. The van der Waals surface area contributed by atoms with Crippen LogP contribution < -0.4 is 10.5 Å². The molecule has 1 amide bonds. The molecule has 3 aromatic rings. The van der Waals surface area contributed by atoms with Gasteiger partial charge in [-0.05, 0) is 23.1 Å². The fourth-order valence-electron chi connectivity index (χ4n) is 2.36. The van der Waals surface area contributed by atoms with Gasteiger partial charge in [0.2, 0.25) is 5.82 Å². The van der Waals surface area contributed by atoms with Crippen molar-refractivity contribution in [3.63, 3.8) is 0 Å². The Hall–Kier alpha value is -4.46. The molecular weight excluding hydrogens is 436 g/mol. The largest absolute Gasteiger partial charge is 0.867 e. The predicted octanol–water partition coefficient (Wildman–Crippen LogP) is 1.03. The average Bonchev–Trinajstić information content (AvgIpc) is 3.17. The highest BCUT2D eigenvalue weighted by atomic mass is 35.5. The number of rotatable bonds is 7. The first-order valence-corrected chi connectivity index (χ1v) is 8.62. The van der Waals surface area contributed by atoms with E-state index in [0.717, 1.165) is 17.1 Å². The monoisotopic (exact) mass is 445 g/mol. The zero-order valence-electron chi connectivity index (χ0n) is 15.2. The number of benzene rings is 2. The summed E-state index contributed by atoms with van der Waals surface area (Å²) in [6.07, 6.45) is 0.768. The van der Waals surface area contributed by atoms with E-state index in [9.17, 15) is 30.1 Å². The molecule has 0 aliphatic rings. The highest BCUT2D eigenvalue weighted by Crippen LogP contribution is 2.31.